The molecule has 38 heavy (non-hydrogen) atoms. The van der Waals surface area contributed by atoms with Crippen molar-refractivity contribution in [3.05, 3.63) is 113 Å². The number of hydrogen-bond acceptors (Lipinski definition) is 7. The van der Waals surface area contributed by atoms with Gasteiger partial charge in [0.15, 0.2) is 0 Å². The van der Waals surface area contributed by atoms with Gasteiger partial charge in [0.2, 0.25) is 0 Å². The second-order valence-corrected chi connectivity index (χ2v) is 12.1. The predicted molar refractivity (Wildman–Crippen MR) is 151 cm³/mol. The van der Waals surface area contributed by atoms with Crippen molar-refractivity contribution in [1.29, 1.82) is 0 Å². The van der Waals surface area contributed by atoms with Crippen LogP contribution in [0.4, 0.5) is 5.69 Å². The number of anilines is 1. The second-order valence-electron chi connectivity index (χ2n) is 9.98. The molecule has 0 saturated carbocycles. The first-order chi connectivity index (χ1) is 18.2. The fraction of sp³-hybridized carbons (Fsp3) is 0.200. The topological polar surface area (TPSA) is 111 Å². The van der Waals surface area contributed by atoms with E-state index in [1.54, 1.807) is 35.5 Å². The number of ketones is 2. The van der Waals surface area contributed by atoms with Crippen LogP contribution in [0.3, 0.4) is 0 Å². The van der Waals surface area contributed by atoms with Gasteiger partial charge in [-0.1, -0.05) is 24.3 Å². The van der Waals surface area contributed by atoms with Gasteiger partial charge in [0.25, 0.3) is 0 Å². The average Bonchev–Trinajstić information content (AvgIpc) is 2.90. The van der Waals surface area contributed by atoms with Crippen molar-refractivity contribution in [2.45, 2.75) is 31.9 Å². The van der Waals surface area contributed by atoms with Crippen molar-refractivity contribution in [3.8, 4) is 0 Å². The van der Waals surface area contributed by atoms with E-state index in [0.717, 1.165) is 11.3 Å². The Morgan fingerprint density at radius 2 is 1.71 bits per heavy atom. The summed E-state index contributed by atoms with van der Waals surface area (Å²) < 4.78 is 7.33. The van der Waals surface area contributed by atoms with E-state index >= 15 is 0 Å². The van der Waals surface area contributed by atoms with Gasteiger partial charge in [0.05, 0.1) is 0 Å². The van der Waals surface area contributed by atoms with Crippen LogP contribution in [-0.4, -0.2) is 48.6 Å². The van der Waals surface area contributed by atoms with Gasteiger partial charge in [0, 0.05) is 5.56 Å². The minimum absolute atomic E-state index is 0.136. The zero-order chi connectivity index (χ0) is 26.9. The Morgan fingerprint density at radius 3 is 2.45 bits per heavy atom. The molecule has 5 N–H and O–H groups in total. The first kappa shape index (κ1) is 25.8. The number of hydrazine groups is 1. The van der Waals surface area contributed by atoms with Crippen LogP contribution in [0.2, 0.25) is 0 Å². The maximum absolute atomic E-state index is 13.5. The molecule has 3 aromatic carbocycles. The van der Waals surface area contributed by atoms with Crippen molar-refractivity contribution in [3.63, 3.8) is 0 Å². The molecular formula is C30H30N4O3Se. The van der Waals surface area contributed by atoms with Crippen LogP contribution in [0.1, 0.15) is 46.5 Å². The SMILES string of the molecule is CC1(C)CC(Nc2cccc(/C(N)=C/N(N)C[Se]c3ccccc3)c2)C2=C(O1)C(=O)c1ccccc1C2=O. The van der Waals surface area contributed by atoms with Gasteiger partial charge in [-0.25, -0.2) is 0 Å². The van der Waals surface area contributed by atoms with E-state index in [4.69, 9.17) is 16.3 Å². The summed E-state index contributed by atoms with van der Waals surface area (Å²) in [5.41, 5.74) is 9.73. The van der Waals surface area contributed by atoms with Crippen molar-refractivity contribution < 1.29 is 14.3 Å². The van der Waals surface area contributed by atoms with Gasteiger partial charge in [0.1, 0.15) is 0 Å². The van der Waals surface area contributed by atoms with Crippen LogP contribution in [0, 0.1) is 0 Å². The van der Waals surface area contributed by atoms with Crippen LogP contribution in [0.15, 0.2) is 96.4 Å². The molecule has 0 spiro atoms. The van der Waals surface area contributed by atoms with Gasteiger partial charge < -0.3 is 0 Å². The Kier molecular flexibility index (Phi) is 7.13. The molecule has 0 bridgehead atoms. The van der Waals surface area contributed by atoms with Crippen LogP contribution in [-0.2, 0) is 4.74 Å². The Balaban J connectivity index is 1.37. The second kappa shape index (κ2) is 10.5. The number of nitrogens with one attached hydrogen (secondary N) is 1. The number of ether oxygens (including phenoxy) is 1. The van der Waals surface area contributed by atoms with E-state index < -0.39 is 11.6 Å². The number of nitrogens with two attached hydrogens (primary N) is 2. The van der Waals surface area contributed by atoms with Crippen molar-refractivity contribution >= 4 is 42.4 Å². The molecule has 0 saturated heterocycles. The van der Waals surface area contributed by atoms with Crippen LogP contribution in [0.25, 0.3) is 5.70 Å². The van der Waals surface area contributed by atoms with Crippen LogP contribution >= 0.6 is 0 Å². The summed E-state index contributed by atoms with van der Waals surface area (Å²) in [6.07, 6.45) is 2.25. The molecule has 2 aliphatic rings. The minimum atomic E-state index is -0.629. The predicted octanol–water partition coefficient (Wildman–Crippen LogP) is 3.42. The van der Waals surface area contributed by atoms with Crippen LogP contribution < -0.4 is 21.4 Å². The molecule has 0 fully saturated rings. The number of hydrogen-bond donors (Lipinski definition) is 3. The van der Waals surface area contributed by atoms with Gasteiger partial charge in [-0.05, 0) is 0 Å². The Morgan fingerprint density at radius 1 is 1.03 bits per heavy atom. The third kappa shape index (κ3) is 5.38. The molecule has 3 aromatic rings. The Hall–Kier alpha value is -3.84. The first-order valence-corrected chi connectivity index (χ1v) is 14.4. The summed E-state index contributed by atoms with van der Waals surface area (Å²) in [6.45, 7) is 3.85. The molecule has 0 radical (unpaired) electrons. The normalized spacial score (nSPS) is 18.4. The Bertz CT molecular complexity index is 1450. The molecule has 1 unspecified atom stereocenters. The standard InChI is InChI=1S/C30H30N4O3Se/c1-30(2)16-25(26-27(35)22-13-6-7-14-23(22)28(36)29(26)37-30)33-20-10-8-9-19(15-20)24(31)17-34(32)18-38-21-11-4-3-5-12-21/h3-15,17,25,33H,16,18,31-32H2,1-2H3/b24-17-. The quantitative estimate of drug-likeness (QED) is 0.226. The fourth-order valence-corrected chi connectivity index (χ4v) is 6.29. The molecule has 7 nitrogen and oxygen atoms in total. The number of rotatable bonds is 7. The van der Waals surface area contributed by atoms with E-state index in [2.05, 4.69) is 17.4 Å². The van der Waals surface area contributed by atoms with Gasteiger partial charge >= 0.3 is 194 Å². The summed E-state index contributed by atoms with van der Waals surface area (Å²) >= 11 is 0.195. The number of nitrogens with zero attached hydrogens (tertiary/aromatic N) is 1. The Labute approximate surface area is 228 Å². The molecule has 1 heterocycles. The first-order valence-electron chi connectivity index (χ1n) is 12.4. The van der Waals surface area contributed by atoms with Crippen molar-refractivity contribution in [2.24, 2.45) is 11.6 Å². The molecule has 8 heteroatoms. The van der Waals surface area contributed by atoms with Crippen LogP contribution in [0.5, 0.6) is 0 Å². The number of fused-ring (bicyclic) bond motifs is 1. The van der Waals surface area contributed by atoms with Gasteiger partial charge in [-0.2, -0.15) is 0 Å². The monoisotopic (exact) mass is 574 g/mol. The summed E-state index contributed by atoms with van der Waals surface area (Å²) in [4.78, 5) is 26.8. The van der Waals surface area contributed by atoms with E-state index in [1.807, 2.05) is 56.3 Å². The van der Waals surface area contributed by atoms with Gasteiger partial charge in [-0.15, -0.1) is 0 Å². The number of allylic oxidation sites excluding steroid dienone is 1. The molecule has 0 amide bonds. The zero-order valence-corrected chi connectivity index (χ0v) is 23.0. The third-order valence-electron chi connectivity index (χ3n) is 6.50. The molecule has 1 aliphatic carbocycles. The number of Topliss-reactive ketones (excluding diaryl/α,β-unsaturated/α-hetero) is 2. The molecular weight excluding hydrogens is 543 g/mol. The number of carbonyl (C=O) groups is 2. The summed E-state index contributed by atoms with van der Waals surface area (Å²) in [7, 11) is 0. The van der Waals surface area contributed by atoms with E-state index in [-0.39, 0.29) is 32.3 Å². The van der Waals surface area contributed by atoms with Crippen molar-refractivity contribution in [1.82, 2.24) is 5.01 Å². The molecule has 194 valence electrons. The summed E-state index contributed by atoms with van der Waals surface area (Å²) in [6, 6.07) is 24.4. The molecule has 1 aliphatic heterocycles. The molecule has 5 rings (SSSR count). The average molecular weight is 574 g/mol. The summed E-state index contributed by atoms with van der Waals surface area (Å²) in [5.74, 6) is 5.90. The van der Waals surface area contributed by atoms with E-state index in [1.165, 1.54) is 4.46 Å². The molecule has 0 aromatic heterocycles. The van der Waals surface area contributed by atoms with Gasteiger partial charge in [-0.3, -0.25) is 4.79 Å². The van der Waals surface area contributed by atoms with Crippen molar-refractivity contribution in [2.75, 3.05) is 10.8 Å². The molecule has 1 atom stereocenters. The number of benzene rings is 3. The van der Waals surface area contributed by atoms with E-state index in [0.29, 0.717) is 34.3 Å². The maximum atomic E-state index is 13.5. The summed E-state index contributed by atoms with van der Waals surface area (Å²) in [5, 5.41) is 5.09. The third-order valence-corrected chi connectivity index (χ3v) is 8.67. The zero-order valence-electron chi connectivity index (χ0n) is 21.3. The van der Waals surface area contributed by atoms with E-state index in [9.17, 15) is 9.59 Å². The fourth-order valence-electron chi connectivity index (χ4n) is 4.77. The number of carbonyl (C=O) groups excluding carboxylic acids is 2.